The van der Waals surface area contributed by atoms with Crippen molar-refractivity contribution in [2.24, 2.45) is 11.7 Å². The molecular weight excluding hydrogens is 416 g/mol. The van der Waals surface area contributed by atoms with Gasteiger partial charge in [0.05, 0.1) is 13.5 Å². The fourth-order valence-electron chi connectivity index (χ4n) is 3.88. The number of carboxylic acid groups (broad SMARTS) is 1. The average molecular weight is 444 g/mol. The van der Waals surface area contributed by atoms with Crippen LogP contribution in [-0.4, -0.2) is 57.4 Å². The topological polar surface area (TPSA) is 150 Å². The third-order valence-electron chi connectivity index (χ3n) is 5.27. The van der Waals surface area contributed by atoms with Crippen LogP contribution in [0.1, 0.15) is 31.4 Å². The van der Waals surface area contributed by atoms with Crippen LogP contribution in [0.15, 0.2) is 22.6 Å². The zero-order valence-corrected chi connectivity index (χ0v) is 18.2. The second kappa shape index (κ2) is 10.6. The van der Waals surface area contributed by atoms with Crippen LogP contribution >= 0.6 is 0 Å². The van der Waals surface area contributed by atoms with Crippen LogP contribution in [0.2, 0.25) is 0 Å². The molecule has 4 rings (SSSR count). The van der Waals surface area contributed by atoms with Crippen molar-refractivity contribution in [2.75, 3.05) is 25.1 Å². The number of primary amides is 1. The molecule has 0 aliphatic carbocycles. The maximum atomic E-state index is 11.2. The zero-order chi connectivity index (χ0) is 23.1. The molecule has 1 aliphatic heterocycles. The van der Waals surface area contributed by atoms with E-state index in [-0.39, 0.29) is 12.9 Å². The summed E-state index contributed by atoms with van der Waals surface area (Å²) in [5.74, 6) is 2.15. The van der Waals surface area contributed by atoms with Crippen molar-refractivity contribution in [1.82, 2.24) is 19.7 Å². The Morgan fingerprint density at radius 3 is 2.88 bits per heavy atom. The molecule has 32 heavy (non-hydrogen) atoms. The molecule has 1 amide bonds. The average Bonchev–Trinajstić information content (AvgIpc) is 3.37. The Morgan fingerprint density at radius 2 is 2.19 bits per heavy atom. The van der Waals surface area contributed by atoms with Crippen molar-refractivity contribution in [2.45, 2.75) is 39.2 Å². The summed E-state index contributed by atoms with van der Waals surface area (Å²) in [5, 5.41) is 11.3. The van der Waals surface area contributed by atoms with Crippen LogP contribution in [0.5, 0.6) is 5.75 Å². The molecule has 1 atom stereocenters. The lowest BCUT2D eigenvalue weighted by Gasteiger charge is -2.31. The lowest BCUT2D eigenvalue weighted by Crippen LogP contribution is -2.36. The van der Waals surface area contributed by atoms with Crippen molar-refractivity contribution >= 4 is 29.5 Å². The molecule has 11 nitrogen and oxygen atoms in total. The number of aromatic nitrogens is 4. The third-order valence-corrected chi connectivity index (χ3v) is 5.27. The standard InChI is InChI=1S/C20H26N6O3.CH2O2/c1-3-26-19(23-18(24-26)11-17(21)27)9-13-5-4-8-25(12-13)20-22-15-10-14(28-2)6-7-16(15)29-20;2-1-3/h6-7,10,13H,3-5,8-9,11-12H2,1-2H3,(H2,21,27);1H,(H,2,3). The summed E-state index contributed by atoms with van der Waals surface area (Å²) in [6.45, 7) is 4.23. The molecule has 0 bridgehead atoms. The van der Waals surface area contributed by atoms with Gasteiger partial charge in [0.15, 0.2) is 11.4 Å². The van der Waals surface area contributed by atoms with E-state index in [1.165, 1.54) is 0 Å². The molecule has 1 fully saturated rings. The SMILES string of the molecule is CCn1nc(CC(N)=O)nc1CC1CCCN(c2nc3cc(OC)ccc3o2)C1.O=CO. The summed E-state index contributed by atoms with van der Waals surface area (Å²) in [7, 11) is 1.64. The number of fused-ring (bicyclic) bond motifs is 1. The van der Waals surface area contributed by atoms with Crippen LogP contribution in [0.3, 0.4) is 0 Å². The first-order valence-corrected chi connectivity index (χ1v) is 10.5. The van der Waals surface area contributed by atoms with Gasteiger partial charge >= 0.3 is 0 Å². The van der Waals surface area contributed by atoms with E-state index in [0.717, 1.165) is 55.0 Å². The molecule has 0 spiro atoms. The predicted octanol–water partition coefficient (Wildman–Crippen LogP) is 1.64. The number of nitrogens with two attached hydrogens (primary N) is 1. The first-order valence-electron chi connectivity index (χ1n) is 10.5. The van der Waals surface area contributed by atoms with E-state index in [4.69, 9.17) is 24.8 Å². The van der Waals surface area contributed by atoms with Crippen LogP contribution in [-0.2, 0) is 29.0 Å². The highest BCUT2D eigenvalue weighted by molar-refractivity contribution is 5.76. The van der Waals surface area contributed by atoms with Crippen molar-refractivity contribution < 1.29 is 23.8 Å². The van der Waals surface area contributed by atoms with Gasteiger partial charge in [0.25, 0.3) is 12.5 Å². The Kier molecular flexibility index (Phi) is 7.63. The largest absolute Gasteiger partial charge is 0.497 e. The summed E-state index contributed by atoms with van der Waals surface area (Å²) >= 11 is 0. The number of carbonyl (C=O) groups excluding carboxylic acids is 1. The normalized spacial score (nSPS) is 15.8. The number of benzene rings is 1. The van der Waals surface area contributed by atoms with Crippen molar-refractivity contribution in [3.63, 3.8) is 0 Å². The lowest BCUT2D eigenvalue weighted by molar-refractivity contribution is -0.123. The van der Waals surface area contributed by atoms with Gasteiger partial charge in [0.2, 0.25) is 5.91 Å². The third kappa shape index (κ3) is 5.54. The van der Waals surface area contributed by atoms with E-state index in [9.17, 15) is 4.79 Å². The Labute approximate surface area is 185 Å². The van der Waals surface area contributed by atoms with E-state index in [1.54, 1.807) is 7.11 Å². The van der Waals surface area contributed by atoms with E-state index < -0.39 is 5.91 Å². The highest BCUT2D eigenvalue weighted by Gasteiger charge is 2.25. The van der Waals surface area contributed by atoms with Gasteiger partial charge < -0.3 is 24.9 Å². The maximum absolute atomic E-state index is 11.2. The fraction of sp³-hybridized carbons (Fsp3) is 0.476. The number of carbonyl (C=O) groups is 2. The molecule has 11 heteroatoms. The lowest BCUT2D eigenvalue weighted by atomic mass is 9.94. The number of oxazole rings is 1. The van der Waals surface area contributed by atoms with Gasteiger partial charge in [0, 0.05) is 32.1 Å². The molecule has 0 saturated carbocycles. The Bertz CT molecular complexity index is 1060. The van der Waals surface area contributed by atoms with Gasteiger partial charge in [-0.1, -0.05) is 0 Å². The van der Waals surface area contributed by atoms with Gasteiger partial charge in [-0.15, -0.1) is 0 Å². The van der Waals surface area contributed by atoms with E-state index in [1.807, 2.05) is 29.8 Å². The van der Waals surface area contributed by atoms with E-state index >= 15 is 0 Å². The van der Waals surface area contributed by atoms with Crippen LogP contribution in [0.4, 0.5) is 6.01 Å². The molecule has 1 aromatic carbocycles. The summed E-state index contributed by atoms with van der Waals surface area (Å²) in [6.07, 6.45) is 3.03. The van der Waals surface area contributed by atoms with Gasteiger partial charge in [-0.2, -0.15) is 10.1 Å². The van der Waals surface area contributed by atoms with Crippen LogP contribution < -0.4 is 15.4 Å². The predicted molar refractivity (Wildman–Crippen MR) is 116 cm³/mol. The first-order chi connectivity index (χ1) is 15.5. The molecule has 0 radical (unpaired) electrons. The molecule has 2 aromatic heterocycles. The molecular formula is C21H28N6O5. The molecule has 3 heterocycles. The van der Waals surface area contributed by atoms with Crippen LogP contribution in [0.25, 0.3) is 11.1 Å². The molecule has 3 N–H and O–H groups in total. The van der Waals surface area contributed by atoms with Crippen molar-refractivity contribution in [3.8, 4) is 5.75 Å². The minimum absolute atomic E-state index is 0.0726. The quantitative estimate of drug-likeness (QED) is 0.518. The summed E-state index contributed by atoms with van der Waals surface area (Å²) < 4.78 is 13.1. The van der Waals surface area contributed by atoms with Crippen molar-refractivity contribution in [3.05, 3.63) is 29.8 Å². The number of ether oxygens (including phenoxy) is 1. The number of rotatable bonds is 7. The Hall–Kier alpha value is -3.63. The first kappa shape index (κ1) is 23.0. The number of methoxy groups -OCH3 is 1. The number of nitrogens with zero attached hydrogens (tertiary/aromatic N) is 5. The highest BCUT2D eigenvalue weighted by atomic mass is 16.5. The second-order valence-electron chi connectivity index (χ2n) is 7.50. The van der Waals surface area contributed by atoms with Gasteiger partial charge in [-0.05, 0) is 37.8 Å². The smallest absolute Gasteiger partial charge is 0.298 e. The molecule has 1 aliphatic rings. The highest BCUT2D eigenvalue weighted by Crippen LogP contribution is 2.29. The van der Waals surface area contributed by atoms with Crippen molar-refractivity contribution in [1.29, 1.82) is 0 Å². The number of aryl methyl sites for hydroxylation is 1. The number of amides is 1. The Morgan fingerprint density at radius 1 is 1.41 bits per heavy atom. The minimum atomic E-state index is -0.416. The number of piperidine rings is 1. The molecule has 1 saturated heterocycles. The fourth-order valence-corrected chi connectivity index (χ4v) is 3.88. The van der Waals surface area contributed by atoms with Crippen LogP contribution in [0, 0.1) is 5.92 Å². The summed E-state index contributed by atoms with van der Waals surface area (Å²) in [6, 6.07) is 6.28. The summed E-state index contributed by atoms with van der Waals surface area (Å²) in [4.78, 5) is 30.9. The Balaban J connectivity index is 0.000000913. The molecule has 172 valence electrons. The van der Waals surface area contributed by atoms with Gasteiger partial charge in [0.1, 0.15) is 17.1 Å². The monoisotopic (exact) mass is 444 g/mol. The number of hydrogen-bond acceptors (Lipinski definition) is 8. The minimum Gasteiger partial charge on any atom is -0.497 e. The second-order valence-corrected chi connectivity index (χ2v) is 7.50. The zero-order valence-electron chi connectivity index (χ0n) is 18.2. The molecule has 3 aromatic rings. The number of hydrogen-bond donors (Lipinski definition) is 2. The molecule has 1 unspecified atom stereocenters. The van der Waals surface area contributed by atoms with Gasteiger partial charge in [-0.25, -0.2) is 4.98 Å². The number of anilines is 1. The van der Waals surface area contributed by atoms with E-state index in [2.05, 4.69) is 20.0 Å². The van der Waals surface area contributed by atoms with E-state index in [0.29, 0.717) is 24.3 Å². The van der Waals surface area contributed by atoms with Gasteiger partial charge in [-0.3, -0.25) is 14.3 Å². The summed E-state index contributed by atoms with van der Waals surface area (Å²) in [5.41, 5.74) is 6.83. The maximum Gasteiger partial charge on any atom is 0.298 e.